The topological polar surface area (TPSA) is 66.3 Å². The predicted octanol–water partition coefficient (Wildman–Crippen LogP) is 4.04. The third-order valence-corrected chi connectivity index (χ3v) is 6.64. The number of nitrogens with zero attached hydrogens (tertiary/aromatic N) is 3. The zero-order valence-electron chi connectivity index (χ0n) is 17.3. The van der Waals surface area contributed by atoms with E-state index in [-0.39, 0.29) is 11.9 Å². The number of benzene rings is 1. The van der Waals surface area contributed by atoms with Crippen LogP contribution in [-0.2, 0) is 19.4 Å². The molecule has 3 heterocycles. The van der Waals surface area contributed by atoms with Gasteiger partial charge in [-0.2, -0.15) is 0 Å². The lowest BCUT2D eigenvalue weighted by atomic mass is 9.91. The Morgan fingerprint density at radius 2 is 2.03 bits per heavy atom. The van der Waals surface area contributed by atoms with E-state index in [2.05, 4.69) is 35.1 Å². The minimum Gasteiger partial charge on any atom is -0.391 e. The van der Waals surface area contributed by atoms with Crippen LogP contribution < -0.4 is 0 Å². The number of fused-ring (bicyclic) bond motifs is 3. The van der Waals surface area contributed by atoms with Crippen molar-refractivity contribution >= 4 is 16.8 Å². The molecule has 1 aliphatic carbocycles. The highest BCUT2D eigenvalue weighted by Crippen LogP contribution is 2.36. The van der Waals surface area contributed by atoms with E-state index < -0.39 is 6.10 Å². The number of hydrogen-bond acceptors (Lipinski definition) is 4. The molecule has 1 fully saturated rings. The second-order valence-corrected chi connectivity index (χ2v) is 8.50. The molecule has 0 saturated heterocycles. The summed E-state index contributed by atoms with van der Waals surface area (Å²) in [5.41, 5.74) is 5.95. The molecule has 30 heavy (non-hydrogen) atoms. The highest BCUT2D eigenvalue weighted by Gasteiger charge is 2.38. The lowest BCUT2D eigenvalue weighted by Crippen LogP contribution is -2.45. The van der Waals surface area contributed by atoms with Crippen LogP contribution >= 0.6 is 0 Å². The number of carbonyl (C=O) groups is 1. The highest BCUT2D eigenvalue weighted by molar-refractivity contribution is 6.04. The zero-order valence-corrected chi connectivity index (χ0v) is 17.3. The van der Waals surface area contributed by atoms with E-state index in [4.69, 9.17) is 0 Å². The molecule has 0 radical (unpaired) electrons. The first-order valence-electron chi connectivity index (χ1n) is 11.0. The summed E-state index contributed by atoms with van der Waals surface area (Å²) >= 11 is 0. The molecule has 1 N–H and O–H groups in total. The number of amides is 1. The molecule has 2 atom stereocenters. The van der Waals surface area contributed by atoms with Crippen molar-refractivity contribution in [3.63, 3.8) is 0 Å². The van der Waals surface area contributed by atoms with E-state index in [1.807, 2.05) is 23.2 Å². The lowest BCUT2D eigenvalue weighted by Gasteiger charge is -2.35. The van der Waals surface area contributed by atoms with Crippen LogP contribution in [0.4, 0.5) is 0 Å². The molecule has 1 aliphatic heterocycles. The zero-order chi connectivity index (χ0) is 20.7. The molecule has 1 aromatic carbocycles. The third-order valence-electron chi connectivity index (χ3n) is 6.64. The van der Waals surface area contributed by atoms with Crippen LogP contribution in [0.2, 0.25) is 0 Å². The molecule has 5 heteroatoms. The van der Waals surface area contributed by atoms with Gasteiger partial charge in [-0.3, -0.25) is 14.8 Å². The van der Waals surface area contributed by atoms with Gasteiger partial charge in [0.1, 0.15) is 0 Å². The Labute approximate surface area is 176 Å². The monoisotopic (exact) mass is 401 g/mol. The summed E-state index contributed by atoms with van der Waals surface area (Å²) in [6.45, 7) is 2.64. The molecule has 2 aromatic heterocycles. The highest BCUT2D eigenvalue weighted by atomic mass is 16.3. The van der Waals surface area contributed by atoms with E-state index in [0.29, 0.717) is 13.0 Å². The number of aliphatic hydroxyl groups excluding tert-OH is 1. The average Bonchev–Trinajstić information content (AvgIpc) is 3.11. The Balaban J connectivity index is 1.54. The molecule has 3 aromatic rings. The molecule has 1 amide bonds. The standard InChI is InChI=1S/C25H27N3O2/c1-2-18-10-9-16(14-27-18)12-17-13-20-21(24-19(17)6-5-11-26-24)15-28(25(20)30)22-7-3-4-8-23(22)29/h5-6,9-11,13-14,22-23,29H,2-4,7-8,12,15H2,1H3. The maximum Gasteiger partial charge on any atom is 0.254 e. The summed E-state index contributed by atoms with van der Waals surface area (Å²) in [7, 11) is 0. The van der Waals surface area contributed by atoms with Crippen molar-refractivity contribution in [2.45, 2.75) is 64.1 Å². The summed E-state index contributed by atoms with van der Waals surface area (Å²) < 4.78 is 0. The minimum absolute atomic E-state index is 0.0317. The van der Waals surface area contributed by atoms with Crippen molar-refractivity contribution < 1.29 is 9.90 Å². The Bertz CT molecular complexity index is 1090. The normalized spacial score (nSPS) is 21.3. The number of hydrogen-bond donors (Lipinski definition) is 1. The predicted molar refractivity (Wildman–Crippen MR) is 116 cm³/mol. The fourth-order valence-corrected chi connectivity index (χ4v) is 4.98. The number of aliphatic hydroxyl groups is 1. The van der Waals surface area contributed by atoms with Gasteiger partial charge in [-0.15, -0.1) is 0 Å². The Kier molecular flexibility index (Phi) is 4.99. The van der Waals surface area contributed by atoms with Crippen molar-refractivity contribution in [2.24, 2.45) is 0 Å². The van der Waals surface area contributed by atoms with Crippen molar-refractivity contribution in [1.29, 1.82) is 0 Å². The van der Waals surface area contributed by atoms with Crippen LogP contribution in [0.25, 0.3) is 10.9 Å². The Hall–Kier alpha value is -2.79. The van der Waals surface area contributed by atoms with Crippen LogP contribution in [0, 0.1) is 0 Å². The number of pyridine rings is 2. The van der Waals surface area contributed by atoms with Crippen LogP contribution in [0.15, 0.2) is 42.7 Å². The van der Waals surface area contributed by atoms with Crippen LogP contribution in [0.3, 0.4) is 0 Å². The van der Waals surface area contributed by atoms with Crippen LogP contribution in [0.5, 0.6) is 0 Å². The van der Waals surface area contributed by atoms with Gasteiger partial charge in [0.15, 0.2) is 0 Å². The second kappa shape index (κ2) is 7.80. The molecular weight excluding hydrogens is 374 g/mol. The lowest BCUT2D eigenvalue weighted by molar-refractivity contribution is 0.0192. The van der Waals surface area contributed by atoms with Gasteiger partial charge < -0.3 is 10.0 Å². The molecular formula is C25H27N3O2. The van der Waals surface area contributed by atoms with Gasteiger partial charge in [-0.25, -0.2) is 0 Å². The molecule has 2 aliphatic rings. The molecule has 154 valence electrons. The summed E-state index contributed by atoms with van der Waals surface area (Å²) in [6.07, 6.45) is 8.67. The minimum atomic E-state index is -0.432. The largest absolute Gasteiger partial charge is 0.391 e. The second-order valence-electron chi connectivity index (χ2n) is 8.50. The van der Waals surface area contributed by atoms with Crippen molar-refractivity contribution in [3.8, 4) is 0 Å². The molecule has 2 unspecified atom stereocenters. The summed E-state index contributed by atoms with van der Waals surface area (Å²) in [5, 5.41) is 11.6. The average molecular weight is 402 g/mol. The van der Waals surface area contributed by atoms with E-state index in [0.717, 1.165) is 71.0 Å². The van der Waals surface area contributed by atoms with Gasteiger partial charge in [0, 0.05) is 41.1 Å². The number of aromatic nitrogens is 2. The molecule has 5 rings (SSSR count). The maximum absolute atomic E-state index is 13.3. The van der Waals surface area contributed by atoms with E-state index in [9.17, 15) is 9.90 Å². The Morgan fingerprint density at radius 1 is 1.17 bits per heavy atom. The fraction of sp³-hybridized carbons (Fsp3) is 0.400. The first-order chi connectivity index (χ1) is 14.7. The first-order valence-corrected chi connectivity index (χ1v) is 11.0. The molecule has 0 bridgehead atoms. The van der Waals surface area contributed by atoms with Crippen LogP contribution in [-0.4, -0.2) is 38.0 Å². The van der Waals surface area contributed by atoms with E-state index in [1.54, 1.807) is 6.20 Å². The van der Waals surface area contributed by atoms with Crippen molar-refractivity contribution in [3.05, 3.63) is 70.7 Å². The van der Waals surface area contributed by atoms with Crippen molar-refractivity contribution in [2.75, 3.05) is 0 Å². The Morgan fingerprint density at radius 3 is 2.80 bits per heavy atom. The van der Waals surface area contributed by atoms with Gasteiger partial charge in [0.05, 0.1) is 17.7 Å². The number of aryl methyl sites for hydroxylation is 1. The smallest absolute Gasteiger partial charge is 0.254 e. The third kappa shape index (κ3) is 3.27. The molecule has 0 spiro atoms. The molecule has 1 saturated carbocycles. The SMILES string of the molecule is CCc1ccc(Cc2cc3c(c4ncccc24)CN(C2CCCCC2O)C3=O)cn1. The van der Waals surface area contributed by atoms with E-state index in [1.165, 1.54) is 0 Å². The van der Waals surface area contributed by atoms with Gasteiger partial charge in [-0.1, -0.05) is 31.9 Å². The van der Waals surface area contributed by atoms with Gasteiger partial charge in [0.25, 0.3) is 5.91 Å². The number of carbonyl (C=O) groups excluding carboxylic acids is 1. The fourth-order valence-electron chi connectivity index (χ4n) is 4.98. The van der Waals surface area contributed by atoms with Crippen molar-refractivity contribution in [1.82, 2.24) is 14.9 Å². The molecule has 5 nitrogen and oxygen atoms in total. The van der Waals surface area contributed by atoms with Gasteiger partial charge >= 0.3 is 0 Å². The van der Waals surface area contributed by atoms with Gasteiger partial charge in [-0.05, 0) is 55.0 Å². The van der Waals surface area contributed by atoms with Gasteiger partial charge in [0.2, 0.25) is 0 Å². The first kappa shape index (κ1) is 19.2. The number of rotatable bonds is 4. The summed E-state index contributed by atoms with van der Waals surface area (Å²) in [5.74, 6) is 0.0317. The van der Waals surface area contributed by atoms with E-state index >= 15 is 0 Å². The summed E-state index contributed by atoms with van der Waals surface area (Å²) in [6, 6.07) is 10.2. The maximum atomic E-state index is 13.3. The van der Waals surface area contributed by atoms with Crippen LogP contribution in [0.1, 0.15) is 65.3 Å². The summed E-state index contributed by atoms with van der Waals surface area (Å²) in [4.78, 5) is 24.4. The quantitative estimate of drug-likeness (QED) is 0.716.